The molecule has 0 radical (unpaired) electrons. The summed E-state index contributed by atoms with van der Waals surface area (Å²) in [5, 5.41) is 10.6. The van der Waals surface area contributed by atoms with Crippen LogP contribution in [0.15, 0.2) is 30.3 Å². The van der Waals surface area contributed by atoms with Crippen molar-refractivity contribution in [3.63, 3.8) is 0 Å². The van der Waals surface area contributed by atoms with Crippen LogP contribution >= 0.6 is 0 Å². The van der Waals surface area contributed by atoms with E-state index in [1.165, 1.54) is 0 Å². The van der Waals surface area contributed by atoms with Gasteiger partial charge in [0.25, 0.3) is 0 Å². The molecule has 2 rings (SSSR count). The van der Waals surface area contributed by atoms with E-state index in [2.05, 4.69) is 11.9 Å². The topological polar surface area (TPSA) is 33.1 Å². The SMILES string of the molecule is CCCc1cc(O)c2ccccc2n1. The van der Waals surface area contributed by atoms with Crippen molar-refractivity contribution in [3.05, 3.63) is 36.0 Å². The van der Waals surface area contributed by atoms with E-state index in [1.54, 1.807) is 6.07 Å². The van der Waals surface area contributed by atoms with Gasteiger partial charge in [0.1, 0.15) is 5.75 Å². The number of aryl methyl sites for hydroxylation is 1. The van der Waals surface area contributed by atoms with Crippen LogP contribution in [0.2, 0.25) is 0 Å². The van der Waals surface area contributed by atoms with Gasteiger partial charge in [-0.3, -0.25) is 4.98 Å². The first kappa shape index (κ1) is 9.00. The average Bonchev–Trinajstić information content (AvgIpc) is 2.18. The van der Waals surface area contributed by atoms with Crippen molar-refractivity contribution in [3.8, 4) is 5.75 Å². The molecule has 1 aromatic heterocycles. The lowest BCUT2D eigenvalue weighted by Gasteiger charge is -2.03. The molecule has 1 N–H and O–H groups in total. The molecule has 2 aromatic rings. The largest absolute Gasteiger partial charge is 0.507 e. The van der Waals surface area contributed by atoms with Crippen molar-refractivity contribution in [2.45, 2.75) is 19.8 Å². The quantitative estimate of drug-likeness (QED) is 0.784. The molecule has 14 heavy (non-hydrogen) atoms. The summed E-state index contributed by atoms with van der Waals surface area (Å²) in [6.07, 6.45) is 1.96. The predicted molar refractivity (Wildman–Crippen MR) is 57.4 cm³/mol. The molecule has 72 valence electrons. The number of hydrogen-bond donors (Lipinski definition) is 1. The van der Waals surface area contributed by atoms with Gasteiger partial charge < -0.3 is 5.11 Å². The minimum Gasteiger partial charge on any atom is -0.507 e. The average molecular weight is 187 g/mol. The van der Waals surface area contributed by atoms with Gasteiger partial charge in [0.15, 0.2) is 0 Å². The van der Waals surface area contributed by atoms with Crippen molar-refractivity contribution >= 4 is 10.9 Å². The number of aromatic hydroxyl groups is 1. The van der Waals surface area contributed by atoms with Gasteiger partial charge >= 0.3 is 0 Å². The number of benzene rings is 1. The number of rotatable bonds is 2. The van der Waals surface area contributed by atoms with Crippen molar-refractivity contribution in [2.75, 3.05) is 0 Å². The first-order valence-corrected chi connectivity index (χ1v) is 4.89. The molecule has 0 amide bonds. The number of hydrogen-bond acceptors (Lipinski definition) is 2. The monoisotopic (exact) mass is 187 g/mol. The van der Waals surface area contributed by atoms with E-state index < -0.39 is 0 Å². The van der Waals surface area contributed by atoms with E-state index in [9.17, 15) is 5.11 Å². The van der Waals surface area contributed by atoms with Crippen LogP contribution in [0.3, 0.4) is 0 Å². The summed E-state index contributed by atoms with van der Waals surface area (Å²) in [4.78, 5) is 4.47. The number of pyridine rings is 1. The maximum Gasteiger partial charge on any atom is 0.126 e. The highest BCUT2D eigenvalue weighted by atomic mass is 16.3. The Morgan fingerprint density at radius 2 is 2.07 bits per heavy atom. The van der Waals surface area contributed by atoms with Gasteiger partial charge in [-0.05, 0) is 18.6 Å². The van der Waals surface area contributed by atoms with E-state index in [-0.39, 0.29) is 0 Å². The molecule has 0 atom stereocenters. The molecule has 0 unspecified atom stereocenters. The fourth-order valence-corrected chi connectivity index (χ4v) is 1.59. The van der Waals surface area contributed by atoms with E-state index >= 15 is 0 Å². The summed E-state index contributed by atoms with van der Waals surface area (Å²) in [6, 6.07) is 9.40. The highest BCUT2D eigenvalue weighted by molar-refractivity contribution is 5.84. The van der Waals surface area contributed by atoms with Gasteiger partial charge in [-0.2, -0.15) is 0 Å². The molecule has 0 spiro atoms. The van der Waals surface area contributed by atoms with Crippen molar-refractivity contribution in [2.24, 2.45) is 0 Å². The maximum atomic E-state index is 9.74. The van der Waals surface area contributed by atoms with E-state index in [4.69, 9.17) is 0 Å². The summed E-state index contributed by atoms with van der Waals surface area (Å²) in [6.45, 7) is 2.11. The number of para-hydroxylation sites is 1. The van der Waals surface area contributed by atoms with Crippen LogP contribution in [-0.4, -0.2) is 10.1 Å². The van der Waals surface area contributed by atoms with Gasteiger partial charge in [0.2, 0.25) is 0 Å². The van der Waals surface area contributed by atoms with Crippen LogP contribution in [0.4, 0.5) is 0 Å². The Morgan fingerprint density at radius 1 is 1.29 bits per heavy atom. The highest BCUT2D eigenvalue weighted by Gasteiger charge is 2.02. The molecule has 1 aromatic carbocycles. The highest BCUT2D eigenvalue weighted by Crippen LogP contribution is 2.23. The van der Waals surface area contributed by atoms with Gasteiger partial charge in [-0.1, -0.05) is 25.5 Å². The molecule has 0 aliphatic heterocycles. The molecule has 0 aliphatic carbocycles. The first-order valence-electron chi connectivity index (χ1n) is 4.89. The minimum atomic E-state index is 0.332. The van der Waals surface area contributed by atoms with Crippen molar-refractivity contribution in [1.29, 1.82) is 0 Å². The summed E-state index contributed by atoms with van der Waals surface area (Å²) in [5.74, 6) is 0.332. The molecular weight excluding hydrogens is 174 g/mol. The summed E-state index contributed by atoms with van der Waals surface area (Å²) in [7, 11) is 0. The molecule has 1 heterocycles. The van der Waals surface area contributed by atoms with E-state index in [1.807, 2.05) is 24.3 Å². The molecule has 2 nitrogen and oxygen atoms in total. The normalized spacial score (nSPS) is 10.6. The van der Waals surface area contributed by atoms with Crippen LogP contribution in [0.1, 0.15) is 19.0 Å². The third-order valence-corrected chi connectivity index (χ3v) is 2.25. The fraction of sp³-hybridized carbons (Fsp3) is 0.250. The molecule has 0 saturated carbocycles. The predicted octanol–water partition coefficient (Wildman–Crippen LogP) is 2.89. The van der Waals surface area contributed by atoms with Gasteiger partial charge in [0, 0.05) is 17.1 Å². The Bertz CT molecular complexity index is 451. The lowest BCUT2D eigenvalue weighted by atomic mass is 10.1. The second-order valence-electron chi connectivity index (χ2n) is 3.40. The standard InChI is InChI=1S/C12H13NO/c1-2-5-9-8-12(14)10-6-3-4-7-11(10)13-9/h3-4,6-8H,2,5H2,1H3,(H,13,14). The van der Waals surface area contributed by atoms with Gasteiger partial charge in [-0.25, -0.2) is 0 Å². The Balaban J connectivity index is 2.60. The smallest absolute Gasteiger partial charge is 0.126 e. The number of nitrogens with zero attached hydrogens (tertiary/aromatic N) is 1. The zero-order valence-corrected chi connectivity index (χ0v) is 8.20. The second kappa shape index (κ2) is 3.66. The molecular formula is C12H13NO. The Labute approximate surface area is 83.2 Å². The van der Waals surface area contributed by atoms with Crippen LogP contribution in [0.5, 0.6) is 5.75 Å². The second-order valence-corrected chi connectivity index (χ2v) is 3.40. The third-order valence-electron chi connectivity index (χ3n) is 2.25. The van der Waals surface area contributed by atoms with Gasteiger partial charge in [-0.15, -0.1) is 0 Å². The molecule has 0 bridgehead atoms. The van der Waals surface area contributed by atoms with Crippen LogP contribution in [0.25, 0.3) is 10.9 Å². The fourth-order valence-electron chi connectivity index (χ4n) is 1.59. The molecule has 2 heteroatoms. The summed E-state index contributed by atoms with van der Waals surface area (Å²) >= 11 is 0. The molecule has 0 fully saturated rings. The third kappa shape index (κ3) is 1.55. The van der Waals surface area contributed by atoms with Crippen molar-refractivity contribution < 1.29 is 5.11 Å². The Morgan fingerprint density at radius 3 is 2.86 bits per heavy atom. The summed E-state index contributed by atoms with van der Waals surface area (Å²) in [5.41, 5.74) is 1.83. The van der Waals surface area contributed by atoms with Crippen LogP contribution in [0, 0.1) is 0 Å². The Kier molecular flexibility index (Phi) is 2.35. The number of aromatic nitrogens is 1. The van der Waals surface area contributed by atoms with E-state index in [0.717, 1.165) is 29.4 Å². The molecule has 0 aliphatic rings. The van der Waals surface area contributed by atoms with Crippen LogP contribution in [-0.2, 0) is 6.42 Å². The zero-order chi connectivity index (χ0) is 9.97. The summed E-state index contributed by atoms with van der Waals surface area (Å²) < 4.78 is 0. The maximum absolute atomic E-state index is 9.74. The minimum absolute atomic E-state index is 0.332. The van der Waals surface area contributed by atoms with Crippen molar-refractivity contribution in [1.82, 2.24) is 4.98 Å². The Hall–Kier alpha value is -1.57. The number of fused-ring (bicyclic) bond motifs is 1. The van der Waals surface area contributed by atoms with Gasteiger partial charge in [0.05, 0.1) is 5.52 Å². The first-order chi connectivity index (χ1) is 6.81. The molecule has 0 saturated heterocycles. The lowest BCUT2D eigenvalue weighted by Crippen LogP contribution is -1.89. The van der Waals surface area contributed by atoms with E-state index in [0.29, 0.717) is 5.75 Å². The van der Waals surface area contributed by atoms with Crippen LogP contribution < -0.4 is 0 Å². The zero-order valence-electron chi connectivity index (χ0n) is 8.20. The lowest BCUT2D eigenvalue weighted by molar-refractivity contribution is 0.480.